The first kappa shape index (κ1) is 9.78. The lowest BCUT2D eigenvalue weighted by Gasteiger charge is -2.08. The summed E-state index contributed by atoms with van der Waals surface area (Å²) in [6.07, 6.45) is 9.98. The number of nitrogens with zero attached hydrogens (tertiary/aromatic N) is 3. The van der Waals surface area contributed by atoms with Gasteiger partial charge in [0.1, 0.15) is 0 Å². The van der Waals surface area contributed by atoms with E-state index in [-0.39, 0.29) is 5.54 Å². The molecule has 3 rings (SSSR count). The van der Waals surface area contributed by atoms with E-state index in [9.17, 15) is 0 Å². The summed E-state index contributed by atoms with van der Waals surface area (Å²) in [6, 6.07) is 0. The normalized spacial score (nSPS) is 17.9. The van der Waals surface area contributed by atoms with E-state index < -0.39 is 0 Å². The van der Waals surface area contributed by atoms with Gasteiger partial charge in [0.2, 0.25) is 0 Å². The summed E-state index contributed by atoms with van der Waals surface area (Å²) >= 11 is 0. The second-order valence-electron chi connectivity index (χ2n) is 4.81. The monoisotopic (exact) mass is 216 g/mol. The molecule has 16 heavy (non-hydrogen) atoms. The highest BCUT2D eigenvalue weighted by atomic mass is 15.0. The summed E-state index contributed by atoms with van der Waals surface area (Å²) in [7, 11) is 0. The molecule has 2 heterocycles. The van der Waals surface area contributed by atoms with Crippen molar-refractivity contribution in [2.24, 2.45) is 5.73 Å². The van der Waals surface area contributed by atoms with Crippen molar-refractivity contribution in [1.82, 2.24) is 14.4 Å². The fourth-order valence-electron chi connectivity index (χ4n) is 2.15. The van der Waals surface area contributed by atoms with E-state index in [1.807, 2.05) is 6.20 Å². The summed E-state index contributed by atoms with van der Waals surface area (Å²) < 4.78 is 2.12. The van der Waals surface area contributed by atoms with Crippen LogP contribution in [0.25, 0.3) is 5.65 Å². The van der Waals surface area contributed by atoms with Crippen molar-refractivity contribution in [3.8, 4) is 0 Å². The molecule has 0 saturated heterocycles. The molecule has 0 bridgehead atoms. The van der Waals surface area contributed by atoms with E-state index in [4.69, 9.17) is 5.73 Å². The number of hydrogen-bond acceptors (Lipinski definition) is 3. The van der Waals surface area contributed by atoms with Crippen LogP contribution in [-0.4, -0.2) is 19.9 Å². The Kier molecular flexibility index (Phi) is 2.01. The third kappa shape index (κ3) is 1.59. The number of aryl methyl sites for hydroxylation is 2. The molecule has 0 aromatic carbocycles. The number of rotatable bonds is 3. The van der Waals surface area contributed by atoms with Crippen LogP contribution < -0.4 is 5.73 Å². The molecule has 0 radical (unpaired) electrons. The molecule has 1 fully saturated rings. The van der Waals surface area contributed by atoms with Gasteiger partial charge in [0.05, 0.1) is 11.9 Å². The van der Waals surface area contributed by atoms with Gasteiger partial charge in [-0.25, -0.2) is 4.98 Å². The van der Waals surface area contributed by atoms with Crippen LogP contribution in [0.1, 0.15) is 30.7 Å². The number of aromatic nitrogens is 3. The van der Waals surface area contributed by atoms with Crippen molar-refractivity contribution in [1.29, 1.82) is 0 Å². The van der Waals surface area contributed by atoms with Gasteiger partial charge in [-0.1, -0.05) is 0 Å². The highest BCUT2D eigenvalue weighted by Gasteiger charge is 2.37. The standard InChI is InChI=1S/C12H16N4/c1-9-10(2-3-12(13)4-5-12)16-7-6-14-8-11(16)15-9/h6-8H,2-5,13H2,1H3. The SMILES string of the molecule is Cc1nc2cnccn2c1CCC1(N)CC1. The van der Waals surface area contributed by atoms with E-state index in [0.29, 0.717) is 0 Å². The minimum atomic E-state index is 0.115. The van der Waals surface area contributed by atoms with Gasteiger partial charge >= 0.3 is 0 Å². The van der Waals surface area contributed by atoms with Gasteiger partial charge in [-0.15, -0.1) is 0 Å². The highest BCUT2D eigenvalue weighted by Crippen LogP contribution is 2.36. The fourth-order valence-corrected chi connectivity index (χ4v) is 2.15. The summed E-state index contributed by atoms with van der Waals surface area (Å²) in [4.78, 5) is 8.57. The lowest BCUT2D eigenvalue weighted by molar-refractivity contribution is 0.600. The van der Waals surface area contributed by atoms with Gasteiger partial charge in [-0.2, -0.15) is 0 Å². The molecule has 2 N–H and O–H groups in total. The Morgan fingerprint density at radius 2 is 2.31 bits per heavy atom. The Morgan fingerprint density at radius 1 is 1.50 bits per heavy atom. The van der Waals surface area contributed by atoms with Crippen LogP contribution in [0.5, 0.6) is 0 Å². The quantitative estimate of drug-likeness (QED) is 0.845. The topological polar surface area (TPSA) is 56.2 Å². The molecule has 4 nitrogen and oxygen atoms in total. The zero-order chi connectivity index (χ0) is 11.2. The summed E-state index contributed by atoms with van der Waals surface area (Å²) in [5.41, 5.74) is 9.52. The van der Waals surface area contributed by atoms with Crippen LogP contribution in [-0.2, 0) is 6.42 Å². The molecule has 0 unspecified atom stereocenters. The van der Waals surface area contributed by atoms with E-state index in [1.165, 1.54) is 18.5 Å². The largest absolute Gasteiger partial charge is 0.325 e. The molecule has 0 amide bonds. The molecule has 0 aliphatic heterocycles. The van der Waals surface area contributed by atoms with Crippen LogP contribution in [0.2, 0.25) is 0 Å². The third-order valence-corrected chi connectivity index (χ3v) is 3.48. The molecule has 1 aliphatic rings. The summed E-state index contributed by atoms with van der Waals surface area (Å²) in [6.45, 7) is 2.05. The van der Waals surface area contributed by atoms with Crippen molar-refractivity contribution in [2.75, 3.05) is 0 Å². The maximum atomic E-state index is 6.12. The second-order valence-corrected chi connectivity index (χ2v) is 4.81. The van der Waals surface area contributed by atoms with Crippen molar-refractivity contribution in [2.45, 2.75) is 38.1 Å². The smallest absolute Gasteiger partial charge is 0.155 e. The highest BCUT2D eigenvalue weighted by molar-refractivity contribution is 5.40. The van der Waals surface area contributed by atoms with Gasteiger partial charge in [0.15, 0.2) is 5.65 Å². The molecule has 2 aromatic rings. The van der Waals surface area contributed by atoms with Crippen LogP contribution >= 0.6 is 0 Å². The number of nitrogens with two attached hydrogens (primary N) is 1. The predicted molar refractivity (Wildman–Crippen MR) is 62.2 cm³/mol. The molecule has 0 spiro atoms. The molecular weight excluding hydrogens is 200 g/mol. The first-order valence-electron chi connectivity index (χ1n) is 5.74. The minimum absolute atomic E-state index is 0.115. The van der Waals surface area contributed by atoms with Crippen molar-refractivity contribution >= 4 is 5.65 Å². The first-order chi connectivity index (χ1) is 7.68. The fraction of sp³-hybridized carbons (Fsp3) is 0.500. The number of imidazole rings is 1. The van der Waals surface area contributed by atoms with E-state index in [2.05, 4.69) is 21.3 Å². The zero-order valence-electron chi connectivity index (χ0n) is 9.48. The summed E-state index contributed by atoms with van der Waals surface area (Å²) in [5, 5.41) is 0. The first-order valence-corrected chi connectivity index (χ1v) is 5.74. The Bertz CT molecular complexity index is 525. The molecule has 4 heteroatoms. The Hall–Kier alpha value is -1.42. The lowest BCUT2D eigenvalue weighted by atomic mass is 10.1. The Labute approximate surface area is 94.5 Å². The maximum Gasteiger partial charge on any atom is 0.155 e. The van der Waals surface area contributed by atoms with Gasteiger partial charge in [-0.3, -0.25) is 4.98 Å². The van der Waals surface area contributed by atoms with Gasteiger partial charge in [0.25, 0.3) is 0 Å². The van der Waals surface area contributed by atoms with Crippen molar-refractivity contribution in [3.05, 3.63) is 30.0 Å². The van der Waals surface area contributed by atoms with E-state index in [1.54, 1.807) is 12.4 Å². The minimum Gasteiger partial charge on any atom is -0.325 e. The van der Waals surface area contributed by atoms with Crippen LogP contribution in [0, 0.1) is 6.92 Å². The average molecular weight is 216 g/mol. The van der Waals surface area contributed by atoms with Gasteiger partial charge in [0, 0.05) is 23.6 Å². The van der Waals surface area contributed by atoms with Crippen molar-refractivity contribution < 1.29 is 0 Å². The van der Waals surface area contributed by atoms with Gasteiger partial charge < -0.3 is 10.1 Å². The van der Waals surface area contributed by atoms with E-state index in [0.717, 1.165) is 24.2 Å². The average Bonchev–Trinajstić information content (AvgIpc) is 2.91. The van der Waals surface area contributed by atoms with Crippen LogP contribution in [0.15, 0.2) is 18.6 Å². The van der Waals surface area contributed by atoms with Crippen LogP contribution in [0.4, 0.5) is 0 Å². The molecule has 1 saturated carbocycles. The Balaban J connectivity index is 1.92. The zero-order valence-corrected chi connectivity index (χ0v) is 9.48. The molecule has 1 aliphatic carbocycles. The Morgan fingerprint density at radius 3 is 3.06 bits per heavy atom. The maximum absolute atomic E-state index is 6.12. The number of fused-ring (bicyclic) bond motifs is 1. The van der Waals surface area contributed by atoms with Crippen LogP contribution in [0.3, 0.4) is 0 Å². The second kappa shape index (κ2) is 3.28. The van der Waals surface area contributed by atoms with E-state index >= 15 is 0 Å². The lowest BCUT2D eigenvalue weighted by Crippen LogP contribution is -2.22. The molecule has 2 aromatic heterocycles. The molecule has 84 valence electrons. The van der Waals surface area contributed by atoms with Crippen molar-refractivity contribution in [3.63, 3.8) is 0 Å². The molecule has 0 atom stereocenters. The number of hydrogen-bond donors (Lipinski definition) is 1. The molecular formula is C12H16N4. The third-order valence-electron chi connectivity index (χ3n) is 3.48. The van der Waals surface area contributed by atoms with Gasteiger partial charge in [-0.05, 0) is 32.6 Å². The predicted octanol–water partition coefficient (Wildman–Crippen LogP) is 1.46. The summed E-state index contributed by atoms with van der Waals surface area (Å²) in [5.74, 6) is 0.